The molecule has 102 valence electrons. The minimum Gasteiger partial charge on any atom is -0.440 e. The van der Waals surface area contributed by atoms with E-state index in [1.54, 1.807) is 12.3 Å². The lowest BCUT2D eigenvalue weighted by Gasteiger charge is -2.11. The molecule has 1 aromatic heterocycles. The van der Waals surface area contributed by atoms with Crippen molar-refractivity contribution in [2.24, 2.45) is 5.92 Å². The second-order valence-electron chi connectivity index (χ2n) is 4.64. The van der Waals surface area contributed by atoms with E-state index in [0.717, 1.165) is 11.4 Å². The summed E-state index contributed by atoms with van der Waals surface area (Å²) in [7, 11) is 0. The molecular weight excluding hydrogens is 263 g/mol. The first-order chi connectivity index (χ1) is 9.16. The summed E-state index contributed by atoms with van der Waals surface area (Å²) in [5.41, 5.74) is 0.659. The molecule has 0 spiro atoms. The third kappa shape index (κ3) is 4.08. The molecule has 5 heteroatoms. The fourth-order valence-electron chi connectivity index (χ4n) is 1.65. The van der Waals surface area contributed by atoms with E-state index in [1.807, 2.05) is 6.07 Å². The fourth-order valence-corrected chi connectivity index (χ4v) is 2.49. The largest absolute Gasteiger partial charge is 0.440 e. The first-order valence-electron chi connectivity index (χ1n) is 6.22. The van der Waals surface area contributed by atoms with Gasteiger partial charge in [-0.2, -0.15) is 0 Å². The summed E-state index contributed by atoms with van der Waals surface area (Å²) in [5.74, 6) is 0.336. The van der Waals surface area contributed by atoms with Gasteiger partial charge in [-0.05, 0) is 36.4 Å². The maximum absolute atomic E-state index is 13.9. The predicted octanol–water partition coefficient (Wildman–Crippen LogP) is 3.71. The van der Waals surface area contributed by atoms with E-state index in [4.69, 9.17) is 4.42 Å². The Morgan fingerprint density at radius 3 is 2.95 bits per heavy atom. The lowest BCUT2D eigenvalue weighted by atomic mass is 10.2. The Labute approximate surface area is 116 Å². The number of aromatic nitrogens is 1. The molecule has 0 amide bonds. The number of hydrogen-bond acceptors (Lipinski definition) is 4. The predicted molar refractivity (Wildman–Crippen MR) is 73.6 cm³/mol. The average molecular weight is 280 g/mol. The molecule has 0 atom stereocenters. The maximum atomic E-state index is 13.9. The number of oxazole rings is 1. The molecule has 19 heavy (non-hydrogen) atoms. The van der Waals surface area contributed by atoms with Crippen LogP contribution in [-0.2, 0) is 6.54 Å². The Morgan fingerprint density at radius 2 is 2.26 bits per heavy atom. The Kier molecular flexibility index (Phi) is 4.99. The van der Waals surface area contributed by atoms with Gasteiger partial charge in [0.2, 0.25) is 0 Å². The van der Waals surface area contributed by atoms with Crippen LogP contribution in [0.2, 0.25) is 0 Å². The van der Waals surface area contributed by atoms with E-state index >= 15 is 0 Å². The van der Waals surface area contributed by atoms with Gasteiger partial charge in [-0.25, -0.2) is 9.37 Å². The van der Waals surface area contributed by atoms with Crippen LogP contribution < -0.4 is 5.32 Å². The normalized spacial score (nSPS) is 11.2. The topological polar surface area (TPSA) is 38.1 Å². The van der Waals surface area contributed by atoms with Crippen molar-refractivity contribution >= 4 is 11.8 Å². The molecular formula is C14H17FN2OS. The number of nitrogens with one attached hydrogen (secondary N) is 1. The SMILES string of the molecule is CC(C)CNCc1c(F)cccc1Sc1ncco1. The Morgan fingerprint density at radius 1 is 1.42 bits per heavy atom. The zero-order valence-corrected chi connectivity index (χ0v) is 11.8. The van der Waals surface area contributed by atoms with E-state index in [1.165, 1.54) is 24.1 Å². The van der Waals surface area contributed by atoms with Gasteiger partial charge in [-0.1, -0.05) is 19.9 Å². The first-order valence-corrected chi connectivity index (χ1v) is 7.04. The molecule has 1 heterocycles. The molecule has 0 bridgehead atoms. The standard InChI is InChI=1S/C14H17FN2OS/c1-10(2)8-16-9-11-12(15)4-3-5-13(11)19-14-17-6-7-18-14/h3-7,10,16H,8-9H2,1-2H3. The van der Waals surface area contributed by atoms with Gasteiger partial charge in [-0.3, -0.25) is 0 Å². The van der Waals surface area contributed by atoms with Crippen molar-refractivity contribution in [1.82, 2.24) is 10.3 Å². The highest BCUT2D eigenvalue weighted by molar-refractivity contribution is 7.99. The molecule has 0 aliphatic carbocycles. The fraction of sp³-hybridized carbons (Fsp3) is 0.357. The minimum atomic E-state index is -0.201. The van der Waals surface area contributed by atoms with Gasteiger partial charge in [0.25, 0.3) is 5.22 Å². The van der Waals surface area contributed by atoms with E-state index in [2.05, 4.69) is 24.1 Å². The molecule has 0 fully saturated rings. The molecule has 0 aliphatic rings. The molecule has 2 aromatic rings. The molecule has 0 radical (unpaired) electrons. The van der Waals surface area contributed by atoms with Gasteiger partial charge in [0, 0.05) is 17.0 Å². The number of benzene rings is 1. The molecule has 2 rings (SSSR count). The van der Waals surface area contributed by atoms with Crippen molar-refractivity contribution in [3.05, 3.63) is 42.0 Å². The number of rotatable bonds is 6. The van der Waals surface area contributed by atoms with E-state index in [0.29, 0.717) is 23.2 Å². The van der Waals surface area contributed by atoms with Gasteiger partial charge < -0.3 is 9.73 Å². The summed E-state index contributed by atoms with van der Waals surface area (Å²) in [5, 5.41) is 3.78. The Hall–Kier alpha value is -1.33. The van der Waals surface area contributed by atoms with E-state index < -0.39 is 0 Å². The number of hydrogen-bond donors (Lipinski definition) is 1. The quantitative estimate of drug-likeness (QED) is 0.875. The van der Waals surface area contributed by atoms with Gasteiger partial charge in [-0.15, -0.1) is 0 Å². The van der Waals surface area contributed by atoms with Gasteiger partial charge in [0.05, 0.1) is 6.20 Å². The molecule has 1 aromatic carbocycles. The molecule has 0 aliphatic heterocycles. The second-order valence-corrected chi connectivity index (χ2v) is 5.63. The Balaban J connectivity index is 2.11. The minimum absolute atomic E-state index is 0.201. The smallest absolute Gasteiger partial charge is 0.260 e. The maximum Gasteiger partial charge on any atom is 0.260 e. The third-order valence-corrected chi connectivity index (χ3v) is 3.52. The van der Waals surface area contributed by atoms with Gasteiger partial charge in [0.1, 0.15) is 12.1 Å². The highest BCUT2D eigenvalue weighted by Gasteiger charge is 2.11. The van der Waals surface area contributed by atoms with Crippen LogP contribution in [-0.4, -0.2) is 11.5 Å². The number of halogens is 1. The van der Waals surface area contributed by atoms with Crippen molar-refractivity contribution in [2.75, 3.05) is 6.54 Å². The summed E-state index contributed by atoms with van der Waals surface area (Å²) in [6.45, 7) is 5.61. The van der Waals surface area contributed by atoms with Crippen LogP contribution in [0.4, 0.5) is 4.39 Å². The van der Waals surface area contributed by atoms with Gasteiger partial charge in [0.15, 0.2) is 0 Å². The zero-order valence-electron chi connectivity index (χ0n) is 11.0. The van der Waals surface area contributed by atoms with E-state index in [9.17, 15) is 4.39 Å². The van der Waals surface area contributed by atoms with Crippen LogP contribution in [0.5, 0.6) is 0 Å². The number of nitrogens with zero attached hydrogens (tertiary/aromatic N) is 1. The van der Waals surface area contributed by atoms with Crippen LogP contribution in [0.3, 0.4) is 0 Å². The summed E-state index contributed by atoms with van der Waals surface area (Å²) in [6, 6.07) is 5.06. The highest BCUT2D eigenvalue weighted by atomic mass is 32.2. The molecule has 0 saturated heterocycles. The third-order valence-electron chi connectivity index (χ3n) is 2.54. The van der Waals surface area contributed by atoms with Crippen molar-refractivity contribution in [2.45, 2.75) is 30.5 Å². The first kappa shape index (κ1) is 14.1. The summed E-state index contributed by atoms with van der Waals surface area (Å²) < 4.78 is 19.1. The monoisotopic (exact) mass is 280 g/mol. The van der Waals surface area contributed by atoms with Crippen LogP contribution >= 0.6 is 11.8 Å². The van der Waals surface area contributed by atoms with Crippen molar-refractivity contribution in [1.29, 1.82) is 0 Å². The lowest BCUT2D eigenvalue weighted by Crippen LogP contribution is -2.20. The van der Waals surface area contributed by atoms with Gasteiger partial charge >= 0.3 is 0 Å². The van der Waals surface area contributed by atoms with Crippen LogP contribution in [0.15, 0.2) is 45.2 Å². The molecule has 0 saturated carbocycles. The second kappa shape index (κ2) is 6.73. The Bertz CT molecular complexity index is 514. The van der Waals surface area contributed by atoms with Crippen LogP contribution in [0.25, 0.3) is 0 Å². The van der Waals surface area contributed by atoms with Crippen molar-refractivity contribution in [3.63, 3.8) is 0 Å². The highest BCUT2D eigenvalue weighted by Crippen LogP contribution is 2.30. The van der Waals surface area contributed by atoms with Crippen LogP contribution in [0.1, 0.15) is 19.4 Å². The summed E-state index contributed by atoms with van der Waals surface area (Å²) >= 11 is 1.34. The van der Waals surface area contributed by atoms with Crippen molar-refractivity contribution in [3.8, 4) is 0 Å². The summed E-state index contributed by atoms with van der Waals surface area (Å²) in [4.78, 5) is 4.88. The summed E-state index contributed by atoms with van der Waals surface area (Å²) in [6.07, 6.45) is 3.09. The zero-order chi connectivity index (χ0) is 13.7. The molecule has 3 nitrogen and oxygen atoms in total. The molecule has 1 N–H and O–H groups in total. The van der Waals surface area contributed by atoms with Crippen LogP contribution in [0, 0.1) is 11.7 Å². The van der Waals surface area contributed by atoms with E-state index in [-0.39, 0.29) is 5.82 Å². The average Bonchev–Trinajstić information content (AvgIpc) is 2.85. The lowest BCUT2D eigenvalue weighted by molar-refractivity contribution is 0.454. The van der Waals surface area contributed by atoms with Crippen molar-refractivity contribution < 1.29 is 8.81 Å². The molecule has 0 unspecified atom stereocenters.